The van der Waals surface area contributed by atoms with Crippen molar-refractivity contribution in [3.8, 4) is 0 Å². The van der Waals surface area contributed by atoms with Crippen LogP contribution < -0.4 is 10.9 Å². The minimum atomic E-state index is -1.41. The lowest BCUT2D eigenvalue weighted by Crippen LogP contribution is -2.29. The molecule has 0 aliphatic heterocycles. The molecule has 0 unspecified atom stereocenters. The summed E-state index contributed by atoms with van der Waals surface area (Å²) in [4.78, 5) is 0. The van der Waals surface area contributed by atoms with Gasteiger partial charge in [0.2, 0.25) is 0 Å². The zero-order chi connectivity index (χ0) is 17.1. The third-order valence-electron chi connectivity index (χ3n) is 5.14. The van der Waals surface area contributed by atoms with Crippen LogP contribution in [0.5, 0.6) is 0 Å². The Morgan fingerprint density at radius 3 is 1.08 bits per heavy atom. The van der Waals surface area contributed by atoms with Gasteiger partial charge in [-0.3, -0.25) is 0 Å². The van der Waals surface area contributed by atoms with Crippen molar-refractivity contribution in [3.63, 3.8) is 0 Å². The third-order valence-corrected chi connectivity index (χ3v) is 5.14. The number of rotatable bonds is 4. The molecule has 0 radical (unpaired) electrons. The van der Waals surface area contributed by atoms with Crippen molar-refractivity contribution in [1.82, 2.24) is 0 Å². The molecule has 3 rings (SSSR count). The van der Waals surface area contributed by atoms with E-state index in [2.05, 4.69) is 0 Å². The van der Waals surface area contributed by atoms with E-state index in [4.69, 9.17) is 20.1 Å². The van der Waals surface area contributed by atoms with Gasteiger partial charge in [-0.1, -0.05) is 48.5 Å². The molecule has 0 amide bonds. The molecule has 0 aromatic heterocycles. The van der Waals surface area contributed by atoms with Crippen LogP contribution in [0.1, 0.15) is 48.6 Å². The first-order chi connectivity index (χ1) is 11.5. The lowest BCUT2D eigenvalue weighted by Gasteiger charge is -2.29. The maximum atomic E-state index is 9.16. The lowest BCUT2D eigenvalue weighted by molar-refractivity contribution is 0.396. The van der Waals surface area contributed by atoms with Gasteiger partial charge in [-0.05, 0) is 59.6 Å². The summed E-state index contributed by atoms with van der Waals surface area (Å²) >= 11 is 0. The van der Waals surface area contributed by atoms with Crippen molar-refractivity contribution in [2.75, 3.05) is 0 Å². The van der Waals surface area contributed by atoms with Gasteiger partial charge in [0.05, 0.1) is 0 Å². The summed E-state index contributed by atoms with van der Waals surface area (Å²) in [5, 5.41) is 36.7. The number of hydrogen-bond acceptors (Lipinski definition) is 4. The Hall–Kier alpha value is -1.59. The Morgan fingerprint density at radius 1 is 0.542 bits per heavy atom. The number of hydrogen-bond donors (Lipinski definition) is 4. The van der Waals surface area contributed by atoms with Crippen molar-refractivity contribution in [2.24, 2.45) is 0 Å². The van der Waals surface area contributed by atoms with E-state index in [0.717, 1.165) is 25.7 Å². The van der Waals surface area contributed by atoms with Crippen LogP contribution in [0.4, 0.5) is 0 Å². The summed E-state index contributed by atoms with van der Waals surface area (Å²) in [7, 11) is -2.81. The Balaban J connectivity index is 1.61. The molecule has 1 aliphatic carbocycles. The van der Waals surface area contributed by atoms with Crippen LogP contribution in [0.2, 0.25) is 0 Å². The monoisotopic (exact) mass is 324 g/mol. The molecule has 1 saturated carbocycles. The summed E-state index contributed by atoms with van der Waals surface area (Å²) in [6.45, 7) is 0. The molecule has 2 aromatic carbocycles. The number of benzene rings is 2. The second-order valence-electron chi connectivity index (χ2n) is 6.63. The Labute approximate surface area is 143 Å². The van der Waals surface area contributed by atoms with Crippen molar-refractivity contribution in [3.05, 3.63) is 59.7 Å². The van der Waals surface area contributed by atoms with E-state index in [1.807, 2.05) is 24.3 Å². The summed E-state index contributed by atoms with van der Waals surface area (Å²) in [6.07, 6.45) is 4.43. The molecule has 1 fully saturated rings. The topological polar surface area (TPSA) is 80.9 Å². The molecule has 0 atom stereocenters. The molecular weight excluding hydrogens is 302 g/mol. The average Bonchev–Trinajstić information content (AvgIpc) is 2.62. The third kappa shape index (κ3) is 3.90. The molecule has 4 N–H and O–H groups in total. The van der Waals surface area contributed by atoms with Gasteiger partial charge in [0.25, 0.3) is 0 Å². The zero-order valence-electron chi connectivity index (χ0n) is 13.5. The van der Waals surface area contributed by atoms with Crippen LogP contribution in [-0.4, -0.2) is 34.3 Å². The van der Waals surface area contributed by atoms with Crippen molar-refractivity contribution < 1.29 is 20.1 Å². The van der Waals surface area contributed by atoms with Gasteiger partial charge in [0.1, 0.15) is 0 Å². The smallest absolute Gasteiger partial charge is 0.423 e. The molecule has 24 heavy (non-hydrogen) atoms. The fraction of sp³-hybridized carbons (Fsp3) is 0.333. The zero-order valence-corrected chi connectivity index (χ0v) is 13.5. The van der Waals surface area contributed by atoms with E-state index in [1.54, 1.807) is 24.3 Å². The first kappa shape index (κ1) is 17.2. The molecular formula is C18H22B2O4. The Kier molecular flexibility index (Phi) is 5.41. The van der Waals surface area contributed by atoms with E-state index in [1.165, 1.54) is 11.1 Å². The van der Waals surface area contributed by atoms with Crippen molar-refractivity contribution in [1.29, 1.82) is 0 Å². The second kappa shape index (κ2) is 7.53. The highest BCUT2D eigenvalue weighted by Gasteiger charge is 2.24. The van der Waals surface area contributed by atoms with Crippen LogP contribution in [0.15, 0.2) is 48.5 Å². The van der Waals surface area contributed by atoms with Crippen LogP contribution in [0, 0.1) is 0 Å². The molecule has 0 bridgehead atoms. The molecule has 1 aliphatic rings. The van der Waals surface area contributed by atoms with Crippen molar-refractivity contribution >= 4 is 25.2 Å². The fourth-order valence-corrected chi connectivity index (χ4v) is 3.64. The predicted octanol–water partition coefficient (Wildman–Crippen LogP) is 0.488. The van der Waals surface area contributed by atoms with E-state index in [9.17, 15) is 0 Å². The standard InChI is InChI=1S/C18H22B2O4/c21-19(22)17-9-5-15(6-10-17)13-1-2-14(4-3-13)16-7-11-18(12-8-16)20(23)24/h5-14,21-24H,1-4H2. The minimum Gasteiger partial charge on any atom is -0.423 e. The van der Waals surface area contributed by atoms with E-state index in [-0.39, 0.29) is 0 Å². The van der Waals surface area contributed by atoms with Gasteiger partial charge in [0, 0.05) is 0 Å². The molecule has 0 heterocycles. The van der Waals surface area contributed by atoms with Crippen LogP contribution in [0.3, 0.4) is 0 Å². The maximum Gasteiger partial charge on any atom is 0.488 e. The summed E-state index contributed by atoms with van der Waals surface area (Å²) in [5.74, 6) is 1.04. The molecule has 0 saturated heterocycles. The second-order valence-corrected chi connectivity index (χ2v) is 6.63. The highest BCUT2D eigenvalue weighted by Crippen LogP contribution is 2.40. The molecule has 6 heteroatoms. The van der Waals surface area contributed by atoms with Gasteiger partial charge < -0.3 is 20.1 Å². The van der Waals surface area contributed by atoms with Gasteiger partial charge in [-0.25, -0.2) is 0 Å². The first-order valence-electron chi connectivity index (χ1n) is 8.46. The maximum absolute atomic E-state index is 9.16. The summed E-state index contributed by atoms with van der Waals surface area (Å²) in [6, 6.07) is 15.1. The minimum absolute atomic E-state index is 0.518. The highest BCUT2D eigenvalue weighted by molar-refractivity contribution is 6.58. The van der Waals surface area contributed by atoms with Gasteiger partial charge in [0.15, 0.2) is 0 Å². The van der Waals surface area contributed by atoms with Crippen LogP contribution >= 0.6 is 0 Å². The van der Waals surface area contributed by atoms with Gasteiger partial charge in [-0.15, -0.1) is 0 Å². The Bertz CT molecular complexity index is 588. The quantitative estimate of drug-likeness (QED) is 0.617. The largest absolute Gasteiger partial charge is 0.488 e. The fourth-order valence-electron chi connectivity index (χ4n) is 3.64. The van der Waals surface area contributed by atoms with Crippen LogP contribution in [0.25, 0.3) is 0 Å². The van der Waals surface area contributed by atoms with E-state index >= 15 is 0 Å². The first-order valence-corrected chi connectivity index (χ1v) is 8.46. The molecule has 0 spiro atoms. The van der Waals surface area contributed by atoms with Gasteiger partial charge in [-0.2, -0.15) is 0 Å². The summed E-state index contributed by atoms with van der Waals surface area (Å²) in [5.41, 5.74) is 3.57. The SMILES string of the molecule is OB(O)c1ccc(C2CCC(c3ccc(B(O)O)cc3)CC2)cc1. The summed E-state index contributed by atoms with van der Waals surface area (Å²) < 4.78 is 0. The lowest BCUT2D eigenvalue weighted by atomic mass is 9.73. The van der Waals surface area contributed by atoms with E-state index < -0.39 is 14.2 Å². The molecule has 4 nitrogen and oxygen atoms in total. The Morgan fingerprint density at radius 2 is 0.833 bits per heavy atom. The molecule has 124 valence electrons. The van der Waals surface area contributed by atoms with Crippen LogP contribution in [-0.2, 0) is 0 Å². The highest BCUT2D eigenvalue weighted by atomic mass is 16.4. The van der Waals surface area contributed by atoms with E-state index in [0.29, 0.717) is 22.8 Å². The van der Waals surface area contributed by atoms with Crippen molar-refractivity contribution in [2.45, 2.75) is 37.5 Å². The van der Waals surface area contributed by atoms with Gasteiger partial charge >= 0.3 is 14.2 Å². The molecule has 2 aromatic rings. The normalized spacial score (nSPS) is 20.7. The predicted molar refractivity (Wildman–Crippen MR) is 96.5 cm³/mol. The average molecular weight is 324 g/mol.